The third kappa shape index (κ3) is 4.29. The molecule has 2 heterocycles. The lowest BCUT2D eigenvalue weighted by molar-refractivity contribution is -0.157. The SMILES string of the molecule is CC(=O)N1C[C@@H](C(=O)OCc2ccccc2)C2(C1)CN(C(=O)OC(C)(C)C)C2. The summed E-state index contributed by atoms with van der Waals surface area (Å²) in [6.07, 6.45) is -0.393. The van der Waals surface area contributed by atoms with Gasteiger partial charge in [0.15, 0.2) is 0 Å². The minimum atomic E-state index is -0.574. The van der Waals surface area contributed by atoms with Crippen LogP contribution in [0, 0.1) is 11.3 Å². The van der Waals surface area contributed by atoms with E-state index < -0.39 is 23.0 Å². The van der Waals surface area contributed by atoms with Crippen molar-refractivity contribution in [2.24, 2.45) is 11.3 Å². The molecule has 7 heteroatoms. The lowest BCUT2D eigenvalue weighted by atomic mass is 9.71. The monoisotopic (exact) mass is 388 g/mol. The van der Waals surface area contributed by atoms with Gasteiger partial charge >= 0.3 is 12.1 Å². The Morgan fingerprint density at radius 3 is 2.25 bits per heavy atom. The first-order chi connectivity index (χ1) is 13.1. The Hall–Kier alpha value is -2.57. The van der Waals surface area contributed by atoms with Gasteiger partial charge in [0.2, 0.25) is 5.91 Å². The molecule has 0 aliphatic carbocycles. The second kappa shape index (κ2) is 7.45. The number of carbonyl (C=O) groups excluding carboxylic acids is 3. The zero-order chi connectivity index (χ0) is 20.5. The fraction of sp³-hybridized carbons (Fsp3) is 0.571. The highest BCUT2D eigenvalue weighted by Gasteiger charge is 2.59. The van der Waals surface area contributed by atoms with Crippen LogP contribution in [0.5, 0.6) is 0 Å². The Bertz CT molecular complexity index is 750. The average molecular weight is 388 g/mol. The molecule has 0 N–H and O–H groups in total. The van der Waals surface area contributed by atoms with Crippen molar-refractivity contribution in [1.82, 2.24) is 9.80 Å². The Balaban J connectivity index is 1.66. The van der Waals surface area contributed by atoms with Crippen LogP contribution in [0.2, 0.25) is 0 Å². The first kappa shape index (κ1) is 20.2. The van der Waals surface area contributed by atoms with Crippen LogP contribution >= 0.6 is 0 Å². The number of ether oxygens (including phenoxy) is 2. The summed E-state index contributed by atoms with van der Waals surface area (Å²) < 4.78 is 10.9. The van der Waals surface area contributed by atoms with Gasteiger partial charge < -0.3 is 19.3 Å². The van der Waals surface area contributed by atoms with E-state index in [1.807, 2.05) is 51.1 Å². The van der Waals surface area contributed by atoms with Crippen molar-refractivity contribution >= 4 is 18.0 Å². The molecule has 7 nitrogen and oxygen atoms in total. The van der Waals surface area contributed by atoms with E-state index in [1.54, 1.807) is 9.80 Å². The number of nitrogens with zero attached hydrogens (tertiary/aromatic N) is 2. The van der Waals surface area contributed by atoms with Gasteiger partial charge in [-0.25, -0.2) is 4.79 Å². The molecular formula is C21H28N2O5. The predicted octanol–water partition coefficient (Wildman–Crippen LogP) is 2.45. The van der Waals surface area contributed by atoms with Crippen LogP contribution in [-0.2, 0) is 25.7 Å². The first-order valence-electron chi connectivity index (χ1n) is 9.54. The second-order valence-electron chi connectivity index (χ2n) is 8.74. The molecule has 1 aromatic rings. The first-order valence-corrected chi connectivity index (χ1v) is 9.54. The van der Waals surface area contributed by atoms with E-state index in [9.17, 15) is 14.4 Å². The van der Waals surface area contributed by atoms with Gasteiger partial charge in [0, 0.05) is 38.5 Å². The fourth-order valence-corrected chi connectivity index (χ4v) is 3.85. The van der Waals surface area contributed by atoms with Crippen LogP contribution in [-0.4, -0.2) is 59.5 Å². The van der Waals surface area contributed by atoms with E-state index in [2.05, 4.69) is 0 Å². The summed E-state index contributed by atoms with van der Waals surface area (Å²) >= 11 is 0. The molecule has 28 heavy (non-hydrogen) atoms. The molecular weight excluding hydrogens is 360 g/mol. The summed E-state index contributed by atoms with van der Waals surface area (Å²) in [5.41, 5.74) is -0.124. The number of amides is 2. The van der Waals surface area contributed by atoms with Gasteiger partial charge in [-0.1, -0.05) is 30.3 Å². The molecule has 2 aliphatic rings. The Morgan fingerprint density at radius 2 is 1.68 bits per heavy atom. The molecule has 2 aliphatic heterocycles. The largest absolute Gasteiger partial charge is 0.461 e. The summed E-state index contributed by atoms with van der Waals surface area (Å²) in [5.74, 6) is -0.844. The summed E-state index contributed by atoms with van der Waals surface area (Å²) in [6, 6.07) is 9.48. The van der Waals surface area contributed by atoms with Crippen LogP contribution in [0.3, 0.4) is 0 Å². The molecule has 2 amide bonds. The summed E-state index contributed by atoms with van der Waals surface area (Å²) in [4.78, 5) is 40.2. The molecule has 0 bridgehead atoms. The van der Waals surface area contributed by atoms with Crippen molar-refractivity contribution in [3.8, 4) is 0 Å². The van der Waals surface area contributed by atoms with Gasteiger partial charge in [-0.15, -0.1) is 0 Å². The molecule has 1 spiro atoms. The minimum Gasteiger partial charge on any atom is -0.461 e. The molecule has 3 rings (SSSR count). The molecule has 0 unspecified atom stereocenters. The normalized spacial score (nSPS) is 20.6. The van der Waals surface area contributed by atoms with Crippen molar-refractivity contribution in [3.63, 3.8) is 0 Å². The Morgan fingerprint density at radius 1 is 1.07 bits per heavy atom. The zero-order valence-corrected chi connectivity index (χ0v) is 16.9. The molecule has 1 aromatic carbocycles. The molecule has 2 fully saturated rings. The topological polar surface area (TPSA) is 76.2 Å². The van der Waals surface area contributed by atoms with Crippen molar-refractivity contribution in [3.05, 3.63) is 35.9 Å². The zero-order valence-electron chi connectivity index (χ0n) is 16.9. The maximum absolute atomic E-state index is 12.8. The van der Waals surface area contributed by atoms with Gasteiger partial charge in [-0.2, -0.15) is 0 Å². The number of hydrogen-bond acceptors (Lipinski definition) is 5. The highest BCUT2D eigenvalue weighted by molar-refractivity contribution is 5.80. The van der Waals surface area contributed by atoms with E-state index in [0.29, 0.717) is 26.2 Å². The number of likely N-dealkylation sites (tertiary alicyclic amines) is 2. The molecule has 0 aromatic heterocycles. The fourth-order valence-electron chi connectivity index (χ4n) is 3.85. The van der Waals surface area contributed by atoms with Crippen LogP contribution in [0.15, 0.2) is 30.3 Å². The maximum Gasteiger partial charge on any atom is 0.410 e. The van der Waals surface area contributed by atoms with Crippen LogP contribution < -0.4 is 0 Å². The molecule has 2 saturated heterocycles. The molecule has 152 valence electrons. The second-order valence-corrected chi connectivity index (χ2v) is 8.74. The van der Waals surface area contributed by atoms with Gasteiger partial charge in [-0.3, -0.25) is 9.59 Å². The third-order valence-electron chi connectivity index (χ3n) is 5.26. The van der Waals surface area contributed by atoms with E-state index in [4.69, 9.17) is 9.47 Å². The van der Waals surface area contributed by atoms with Crippen LogP contribution in [0.25, 0.3) is 0 Å². The number of carbonyl (C=O) groups is 3. The minimum absolute atomic E-state index is 0.0755. The van der Waals surface area contributed by atoms with E-state index >= 15 is 0 Å². The molecule has 1 atom stereocenters. The lowest BCUT2D eigenvalue weighted by Gasteiger charge is -2.49. The average Bonchev–Trinajstić information content (AvgIpc) is 2.99. The third-order valence-corrected chi connectivity index (χ3v) is 5.26. The summed E-state index contributed by atoms with van der Waals surface area (Å²) in [5, 5.41) is 0. The van der Waals surface area contributed by atoms with E-state index in [-0.39, 0.29) is 18.5 Å². The number of rotatable bonds is 3. The van der Waals surface area contributed by atoms with Crippen LogP contribution in [0.4, 0.5) is 4.79 Å². The van der Waals surface area contributed by atoms with Crippen molar-refractivity contribution < 1.29 is 23.9 Å². The quantitative estimate of drug-likeness (QED) is 0.744. The standard InChI is InChI=1S/C21H28N2O5/c1-15(24)22-10-17(18(25)27-11-16-8-6-5-7-9-16)21(12-22)13-23(14-21)19(26)28-20(2,3)4/h5-9,17H,10-14H2,1-4H3/t17-/m0/s1. The van der Waals surface area contributed by atoms with Crippen molar-refractivity contribution in [2.75, 3.05) is 26.2 Å². The Labute approximate surface area is 165 Å². The number of esters is 1. The van der Waals surface area contributed by atoms with Gasteiger partial charge in [0.05, 0.1) is 5.92 Å². The summed E-state index contributed by atoms with van der Waals surface area (Å²) in [7, 11) is 0. The Kier molecular flexibility index (Phi) is 5.37. The maximum atomic E-state index is 12.8. The van der Waals surface area contributed by atoms with Crippen LogP contribution in [0.1, 0.15) is 33.3 Å². The predicted molar refractivity (Wildman–Crippen MR) is 102 cm³/mol. The molecule has 0 radical (unpaired) electrons. The van der Waals surface area contributed by atoms with Gasteiger partial charge in [0.25, 0.3) is 0 Å². The van der Waals surface area contributed by atoms with Gasteiger partial charge in [-0.05, 0) is 26.3 Å². The summed E-state index contributed by atoms with van der Waals surface area (Å²) in [6.45, 7) is 8.69. The molecule has 0 saturated carbocycles. The smallest absolute Gasteiger partial charge is 0.410 e. The van der Waals surface area contributed by atoms with Gasteiger partial charge in [0.1, 0.15) is 12.2 Å². The highest BCUT2D eigenvalue weighted by Crippen LogP contribution is 2.45. The highest BCUT2D eigenvalue weighted by atomic mass is 16.6. The van der Waals surface area contributed by atoms with Crippen molar-refractivity contribution in [2.45, 2.75) is 39.9 Å². The van der Waals surface area contributed by atoms with E-state index in [1.165, 1.54) is 6.92 Å². The number of benzene rings is 1. The van der Waals surface area contributed by atoms with Crippen molar-refractivity contribution in [1.29, 1.82) is 0 Å². The number of hydrogen-bond donors (Lipinski definition) is 0. The van der Waals surface area contributed by atoms with E-state index in [0.717, 1.165) is 5.56 Å². The lowest BCUT2D eigenvalue weighted by Crippen LogP contribution is -2.63.